The van der Waals surface area contributed by atoms with Crippen molar-refractivity contribution in [2.75, 3.05) is 26.7 Å². The third-order valence-electron chi connectivity index (χ3n) is 12.7. The normalized spacial score (nSPS) is 15.9. The van der Waals surface area contributed by atoms with Crippen LogP contribution in [0.15, 0.2) is 151 Å². The summed E-state index contributed by atoms with van der Waals surface area (Å²) in [5, 5.41) is 19.2. The molecule has 5 aromatic rings. The van der Waals surface area contributed by atoms with E-state index in [2.05, 4.69) is 37.2 Å². The molecule has 0 radical (unpaired) electrons. The molecule has 386 valence electrons. The highest BCUT2D eigenvalue weighted by atomic mass is 16.6. The highest BCUT2D eigenvalue weighted by Crippen LogP contribution is 2.44. The third kappa shape index (κ3) is 13.7. The van der Waals surface area contributed by atoms with Gasteiger partial charge in [-0.05, 0) is 72.6 Å². The summed E-state index contributed by atoms with van der Waals surface area (Å²) in [6, 6.07) is 37.8. The number of hydrogen-bond donors (Lipinski definition) is 7. The lowest BCUT2D eigenvalue weighted by molar-refractivity contribution is -0.129. The van der Waals surface area contributed by atoms with Gasteiger partial charge in [-0.15, -0.1) is 0 Å². The molecule has 4 atom stereocenters. The van der Waals surface area contributed by atoms with E-state index < -0.39 is 84.2 Å². The van der Waals surface area contributed by atoms with Gasteiger partial charge in [0.05, 0.1) is 30.2 Å². The average molecular weight is 1010 g/mol. The first-order chi connectivity index (χ1) is 35.6. The molecule has 7 rings (SSSR count). The molecule has 0 spiro atoms. The molecule has 0 bridgehead atoms. The van der Waals surface area contributed by atoms with Gasteiger partial charge in [0.25, 0.3) is 5.91 Å². The summed E-state index contributed by atoms with van der Waals surface area (Å²) in [5.74, 6) is -2.86. The summed E-state index contributed by atoms with van der Waals surface area (Å²) in [4.78, 5) is 97.8. The zero-order chi connectivity index (χ0) is 52.8. The monoisotopic (exact) mass is 1000 g/mol. The van der Waals surface area contributed by atoms with Crippen molar-refractivity contribution in [2.45, 2.75) is 88.7 Å². The van der Waals surface area contributed by atoms with E-state index in [-0.39, 0.29) is 37.5 Å². The molecule has 74 heavy (non-hydrogen) atoms. The average Bonchev–Trinajstić information content (AvgIpc) is 3.97. The van der Waals surface area contributed by atoms with Gasteiger partial charge in [-0.3, -0.25) is 24.1 Å². The van der Waals surface area contributed by atoms with Gasteiger partial charge in [0.2, 0.25) is 17.7 Å². The molecule has 7 N–H and O–H groups in total. The molecule has 1 unspecified atom stereocenters. The molecule has 0 aromatic heterocycles. The summed E-state index contributed by atoms with van der Waals surface area (Å²) in [7, 11) is 1.44. The van der Waals surface area contributed by atoms with E-state index in [0.29, 0.717) is 12.0 Å². The molecular formula is C57H64N8O9. The van der Waals surface area contributed by atoms with Gasteiger partial charge in [-0.25, -0.2) is 14.4 Å². The third-order valence-corrected chi connectivity index (χ3v) is 12.7. The number of carbonyl (C=O) groups excluding carboxylic acids is 7. The number of carbonyl (C=O) groups is 7. The van der Waals surface area contributed by atoms with E-state index in [1.54, 1.807) is 51.1 Å². The van der Waals surface area contributed by atoms with E-state index in [4.69, 9.17) is 9.47 Å². The summed E-state index contributed by atoms with van der Waals surface area (Å²) in [6.07, 6.45) is 0.225. The maximum atomic E-state index is 14.6. The fourth-order valence-corrected chi connectivity index (χ4v) is 9.24. The fourth-order valence-electron chi connectivity index (χ4n) is 9.24. The fraction of sp³-hybridized carbons (Fsp3) is 0.316. The van der Waals surface area contributed by atoms with Crippen molar-refractivity contribution < 1.29 is 43.0 Å². The predicted octanol–water partition coefficient (Wildman–Crippen LogP) is 6.88. The Hall–Kier alpha value is -8.47. The van der Waals surface area contributed by atoms with Crippen LogP contribution < -0.4 is 37.2 Å². The second kappa shape index (κ2) is 24.8. The summed E-state index contributed by atoms with van der Waals surface area (Å²) in [5.41, 5.74) is 5.27. The predicted molar refractivity (Wildman–Crippen MR) is 279 cm³/mol. The minimum absolute atomic E-state index is 0.0333. The molecule has 5 aromatic carbocycles. The number of benzene rings is 5. The molecule has 1 aliphatic heterocycles. The standard InChI is InChI=1S/C57H64N8O9/c1-6-20-46(62-52(68)47-31-39(34-65(47)56(72)74-57(2,3)4)61-55(71)73-35-45-42-29-18-16-27-40(42)41-28-17-19-30-43(41)45)44(51(67)59-33-48(66)63-50(53(69)58-5)38-25-14-9-15-26-38)32-60-54(70)64-49(36-21-10-7-11-22-36)37-23-12-8-13-24-37/h7-19,21-30,32,39,45-47,49-50H,6,20,31,33-35H2,1-5H3,(H,58,69)(H,59,67)(H,61,71)(H,62,68)(H,63,66)(H2,60,64,70)/t39-,46+,47?,50+/m1/s1. The van der Waals surface area contributed by atoms with Gasteiger partial charge in [-0.2, -0.15) is 0 Å². The van der Waals surface area contributed by atoms with Gasteiger partial charge in [0, 0.05) is 25.7 Å². The van der Waals surface area contributed by atoms with E-state index in [1.807, 2.05) is 116 Å². The zero-order valence-corrected chi connectivity index (χ0v) is 42.2. The van der Waals surface area contributed by atoms with Crippen LogP contribution in [-0.2, 0) is 28.7 Å². The van der Waals surface area contributed by atoms with Crippen LogP contribution in [0.3, 0.4) is 0 Å². The quantitative estimate of drug-likeness (QED) is 0.0454. The Morgan fingerprint density at radius 2 is 1.27 bits per heavy atom. The maximum Gasteiger partial charge on any atom is 0.411 e. The first-order valence-electron chi connectivity index (χ1n) is 24.8. The van der Waals surface area contributed by atoms with Crippen LogP contribution in [0, 0.1) is 0 Å². The van der Waals surface area contributed by atoms with Crippen molar-refractivity contribution in [2.24, 2.45) is 0 Å². The summed E-state index contributed by atoms with van der Waals surface area (Å²) >= 11 is 0. The second-order valence-corrected chi connectivity index (χ2v) is 19.1. The number of fused-ring (bicyclic) bond motifs is 3. The minimum Gasteiger partial charge on any atom is -0.449 e. The van der Waals surface area contributed by atoms with E-state index in [0.717, 1.165) is 33.4 Å². The molecule has 1 saturated heterocycles. The van der Waals surface area contributed by atoms with E-state index in [1.165, 1.54) is 18.1 Å². The number of alkyl carbamates (subject to hydrolysis) is 1. The van der Waals surface area contributed by atoms with Crippen molar-refractivity contribution >= 4 is 41.8 Å². The number of likely N-dealkylation sites (N-methyl/N-ethyl adjacent to an activating group) is 1. The molecule has 17 heteroatoms. The lowest BCUT2D eigenvalue weighted by Crippen LogP contribution is -2.52. The van der Waals surface area contributed by atoms with E-state index >= 15 is 0 Å². The number of rotatable bonds is 18. The lowest BCUT2D eigenvalue weighted by Gasteiger charge is -2.29. The van der Waals surface area contributed by atoms with Crippen LogP contribution >= 0.6 is 0 Å². The topological polar surface area (TPSA) is 225 Å². The van der Waals surface area contributed by atoms with Crippen LogP contribution in [0.4, 0.5) is 14.4 Å². The van der Waals surface area contributed by atoms with Crippen LogP contribution in [0.2, 0.25) is 0 Å². The minimum atomic E-state index is -1.19. The van der Waals surface area contributed by atoms with Crippen molar-refractivity contribution in [3.05, 3.63) is 179 Å². The Labute approximate surface area is 431 Å². The number of ether oxygens (including phenoxy) is 2. The molecule has 0 saturated carbocycles. The highest BCUT2D eigenvalue weighted by Gasteiger charge is 2.43. The Balaban J connectivity index is 1.10. The van der Waals surface area contributed by atoms with Gasteiger partial charge in [0.15, 0.2) is 0 Å². The number of likely N-dealkylation sites (tertiary alicyclic amines) is 1. The van der Waals surface area contributed by atoms with Crippen molar-refractivity contribution in [1.29, 1.82) is 0 Å². The molecule has 17 nitrogen and oxygen atoms in total. The Kier molecular flexibility index (Phi) is 17.9. The van der Waals surface area contributed by atoms with E-state index in [9.17, 15) is 33.6 Å². The number of hydrogen-bond acceptors (Lipinski definition) is 9. The Bertz CT molecular complexity index is 2740. The van der Waals surface area contributed by atoms with Gasteiger partial charge >= 0.3 is 18.2 Å². The van der Waals surface area contributed by atoms with Crippen LogP contribution in [0.5, 0.6) is 0 Å². The Morgan fingerprint density at radius 3 is 1.82 bits per heavy atom. The molecule has 1 aliphatic carbocycles. The summed E-state index contributed by atoms with van der Waals surface area (Å²) in [6.45, 7) is 6.30. The van der Waals surface area contributed by atoms with Gasteiger partial charge < -0.3 is 46.7 Å². The first-order valence-corrected chi connectivity index (χ1v) is 24.8. The maximum absolute atomic E-state index is 14.6. The summed E-state index contributed by atoms with van der Waals surface area (Å²) < 4.78 is 11.6. The molecule has 8 amide bonds. The van der Waals surface area contributed by atoms with Crippen LogP contribution in [0.25, 0.3) is 11.1 Å². The smallest absolute Gasteiger partial charge is 0.411 e. The Morgan fingerprint density at radius 1 is 0.716 bits per heavy atom. The number of nitrogens with zero attached hydrogens (tertiary/aromatic N) is 1. The largest absolute Gasteiger partial charge is 0.449 e. The van der Waals surface area contributed by atoms with Gasteiger partial charge in [-0.1, -0.05) is 153 Å². The molecule has 1 heterocycles. The highest BCUT2D eigenvalue weighted by molar-refractivity contribution is 5.99. The SMILES string of the molecule is CCC[C@H](NC(=O)C1C[C@@H](NC(=O)OCC2c3ccccc3-c3ccccc32)CN1C(=O)OC(C)(C)C)C(=CNC(=O)NC(c1ccccc1)c1ccccc1)C(=O)NCC(=O)N[C@H](C(=O)NC)c1ccccc1. The zero-order valence-electron chi connectivity index (χ0n) is 42.2. The molecule has 2 aliphatic rings. The molecule has 1 fully saturated rings. The van der Waals surface area contributed by atoms with Crippen molar-refractivity contribution in [1.82, 2.24) is 42.1 Å². The number of amides is 8. The van der Waals surface area contributed by atoms with Crippen molar-refractivity contribution in [3.63, 3.8) is 0 Å². The first kappa shape index (κ1) is 53.3. The second-order valence-electron chi connectivity index (χ2n) is 19.1. The number of nitrogens with one attached hydrogen (secondary N) is 7. The number of urea groups is 1. The lowest BCUT2D eigenvalue weighted by atomic mass is 9.98. The van der Waals surface area contributed by atoms with Crippen molar-refractivity contribution in [3.8, 4) is 11.1 Å². The van der Waals surface area contributed by atoms with Crippen LogP contribution in [0.1, 0.15) is 92.8 Å². The van der Waals surface area contributed by atoms with Crippen LogP contribution in [-0.4, -0.2) is 97.2 Å². The molecular weight excluding hydrogens is 941 g/mol. The van der Waals surface area contributed by atoms with Gasteiger partial charge in [0.1, 0.15) is 24.3 Å².